The van der Waals surface area contributed by atoms with Crippen LogP contribution in [0, 0.1) is 5.41 Å². The van der Waals surface area contributed by atoms with Crippen molar-refractivity contribution >= 4 is 11.7 Å². The van der Waals surface area contributed by atoms with Crippen LogP contribution in [0.3, 0.4) is 0 Å². The fourth-order valence-corrected chi connectivity index (χ4v) is 2.07. The van der Waals surface area contributed by atoms with Crippen LogP contribution in [0.2, 0.25) is 0 Å². The summed E-state index contributed by atoms with van der Waals surface area (Å²) in [4.78, 5) is 11.2. The van der Waals surface area contributed by atoms with E-state index < -0.39 is 11.4 Å². The van der Waals surface area contributed by atoms with Gasteiger partial charge >= 0.3 is 5.97 Å². The zero-order valence-electron chi connectivity index (χ0n) is 10.3. The molecule has 0 saturated carbocycles. The van der Waals surface area contributed by atoms with Crippen molar-refractivity contribution in [2.75, 3.05) is 38.3 Å². The van der Waals surface area contributed by atoms with E-state index in [1.165, 1.54) is 0 Å². The molecule has 1 fully saturated rings. The van der Waals surface area contributed by atoms with Gasteiger partial charge in [0.15, 0.2) is 11.5 Å². The van der Waals surface area contributed by atoms with Crippen molar-refractivity contribution in [3.63, 3.8) is 0 Å². The maximum absolute atomic E-state index is 11.2. The third-order valence-electron chi connectivity index (χ3n) is 3.38. The van der Waals surface area contributed by atoms with Crippen molar-refractivity contribution < 1.29 is 24.1 Å². The highest BCUT2D eigenvalue weighted by Gasteiger charge is 2.46. The SMILES string of the molecule is O=C(O)C1(CNc2ccc3c(c2)OCCO3)COC1. The zero-order valence-corrected chi connectivity index (χ0v) is 10.3. The van der Waals surface area contributed by atoms with Crippen LogP contribution in [0.4, 0.5) is 5.69 Å². The molecule has 1 aromatic carbocycles. The second kappa shape index (κ2) is 4.62. The molecule has 0 bridgehead atoms. The van der Waals surface area contributed by atoms with E-state index in [9.17, 15) is 9.90 Å². The summed E-state index contributed by atoms with van der Waals surface area (Å²) in [7, 11) is 0. The molecule has 3 rings (SSSR count). The van der Waals surface area contributed by atoms with Crippen LogP contribution in [-0.4, -0.2) is 44.0 Å². The van der Waals surface area contributed by atoms with Gasteiger partial charge in [-0.05, 0) is 12.1 Å². The highest BCUT2D eigenvalue weighted by Crippen LogP contribution is 2.34. The maximum Gasteiger partial charge on any atom is 0.316 e. The minimum absolute atomic E-state index is 0.250. The molecule has 0 unspecified atom stereocenters. The average Bonchev–Trinajstić information content (AvgIpc) is 2.37. The molecule has 0 aromatic heterocycles. The van der Waals surface area contributed by atoms with E-state index in [0.717, 1.165) is 11.4 Å². The Labute approximate surface area is 110 Å². The Bertz CT molecular complexity index is 498. The minimum atomic E-state index is -0.830. The smallest absolute Gasteiger partial charge is 0.316 e. The highest BCUT2D eigenvalue weighted by molar-refractivity contribution is 5.77. The van der Waals surface area contributed by atoms with E-state index in [-0.39, 0.29) is 13.2 Å². The molecule has 1 saturated heterocycles. The van der Waals surface area contributed by atoms with E-state index >= 15 is 0 Å². The van der Waals surface area contributed by atoms with E-state index in [0.29, 0.717) is 25.5 Å². The predicted molar refractivity (Wildman–Crippen MR) is 66.8 cm³/mol. The molecule has 2 aliphatic rings. The third kappa shape index (κ3) is 2.19. The maximum atomic E-state index is 11.2. The summed E-state index contributed by atoms with van der Waals surface area (Å²) >= 11 is 0. The Hall–Kier alpha value is -1.95. The van der Waals surface area contributed by atoms with Gasteiger partial charge in [0.05, 0.1) is 13.2 Å². The largest absolute Gasteiger partial charge is 0.486 e. The van der Waals surface area contributed by atoms with Crippen LogP contribution >= 0.6 is 0 Å². The molecule has 0 radical (unpaired) electrons. The zero-order chi connectivity index (χ0) is 13.3. The summed E-state index contributed by atoms with van der Waals surface area (Å²) < 4.78 is 15.9. The fraction of sp³-hybridized carbons (Fsp3) is 0.462. The number of rotatable bonds is 4. The van der Waals surface area contributed by atoms with Crippen molar-refractivity contribution in [1.82, 2.24) is 0 Å². The topological polar surface area (TPSA) is 77.0 Å². The number of anilines is 1. The van der Waals surface area contributed by atoms with Gasteiger partial charge in [-0.25, -0.2) is 0 Å². The van der Waals surface area contributed by atoms with Gasteiger partial charge in [0, 0.05) is 18.3 Å². The van der Waals surface area contributed by atoms with Crippen molar-refractivity contribution in [1.29, 1.82) is 0 Å². The van der Waals surface area contributed by atoms with Crippen LogP contribution in [0.25, 0.3) is 0 Å². The summed E-state index contributed by atoms with van der Waals surface area (Å²) in [5.41, 5.74) is 0.00422. The number of carboxylic acids is 1. The van der Waals surface area contributed by atoms with Gasteiger partial charge in [-0.2, -0.15) is 0 Å². The molecule has 1 aromatic rings. The molecule has 102 valence electrons. The first-order valence-electron chi connectivity index (χ1n) is 6.14. The molecular weight excluding hydrogens is 250 g/mol. The average molecular weight is 265 g/mol. The molecule has 2 aliphatic heterocycles. The lowest BCUT2D eigenvalue weighted by molar-refractivity contribution is -0.176. The van der Waals surface area contributed by atoms with Crippen LogP contribution < -0.4 is 14.8 Å². The Morgan fingerprint density at radius 2 is 2.00 bits per heavy atom. The summed E-state index contributed by atoms with van der Waals surface area (Å²) in [6, 6.07) is 5.49. The number of fused-ring (bicyclic) bond motifs is 1. The highest BCUT2D eigenvalue weighted by atomic mass is 16.6. The van der Waals surface area contributed by atoms with Crippen molar-refractivity contribution in [3.8, 4) is 11.5 Å². The lowest BCUT2D eigenvalue weighted by Gasteiger charge is -2.37. The second-order valence-electron chi connectivity index (χ2n) is 4.79. The Kier molecular flexibility index (Phi) is 2.94. The number of carboxylic acid groups (broad SMARTS) is 1. The van der Waals surface area contributed by atoms with Gasteiger partial charge in [0.25, 0.3) is 0 Å². The molecule has 0 amide bonds. The van der Waals surface area contributed by atoms with Gasteiger partial charge in [0.1, 0.15) is 18.6 Å². The number of benzene rings is 1. The van der Waals surface area contributed by atoms with Crippen LogP contribution in [0.15, 0.2) is 18.2 Å². The number of aliphatic carboxylic acids is 1. The molecule has 0 atom stereocenters. The number of hydrogen-bond acceptors (Lipinski definition) is 5. The number of hydrogen-bond donors (Lipinski definition) is 2. The summed E-state index contributed by atoms with van der Waals surface area (Å²) in [5.74, 6) is 0.575. The standard InChI is InChI=1S/C13H15NO5/c15-12(16)13(7-17-8-13)6-14-9-1-2-10-11(5-9)19-4-3-18-10/h1-2,5,14H,3-4,6-8H2,(H,15,16). The van der Waals surface area contributed by atoms with Gasteiger partial charge in [0.2, 0.25) is 0 Å². The molecule has 2 N–H and O–H groups in total. The fourth-order valence-electron chi connectivity index (χ4n) is 2.07. The molecule has 6 heteroatoms. The number of nitrogens with one attached hydrogen (secondary N) is 1. The van der Waals surface area contributed by atoms with E-state index in [1.807, 2.05) is 18.2 Å². The van der Waals surface area contributed by atoms with Crippen molar-refractivity contribution in [2.45, 2.75) is 0 Å². The molecule has 0 spiro atoms. The van der Waals surface area contributed by atoms with Crippen LogP contribution in [0.5, 0.6) is 11.5 Å². The molecule has 6 nitrogen and oxygen atoms in total. The summed E-state index contributed by atoms with van der Waals surface area (Å²) in [5, 5.41) is 12.3. The van der Waals surface area contributed by atoms with Crippen LogP contribution in [0.1, 0.15) is 0 Å². The van der Waals surface area contributed by atoms with Gasteiger partial charge < -0.3 is 24.6 Å². The molecule has 2 heterocycles. The molecule has 19 heavy (non-hydrogen) atoms. The first kappa shape index (κ1) is 12.1. The lowest BCUT2D eigenvalue weighted by atomic mass is 9.86. The van der Waals surface area contributed by atoms with Gasteiger partial charge in [-0.15, -0.1) is 0 Å². The van der Waals surface area contributed by atoms with E-state index in [4.69, 9.17) is 14.2 Å². The quantitative estimate of drug-likeness (QED) is 0.844. The predicted octanol–water partition coefficient (Wildman–Crippen LogP) is 0.971. The van der Waals surface area contributed by atoms with E-state index in [2.05, 4.69) is 5.32 Å². The van der Waals surface area contributed by atoms with Crippen molar-refractivity contribution in [3.05, 3.63) is 18.2 Å². The Morgan fingerprint density at radius 1 is 1.26 bits per heavy atom. The second-order valence-corrected chi connectivity index (χ2v) is 4.79. The Balaban J connectivity index is 1.68. The lowest BCUT2D eigenvalue weighted by Crippen LogP contribution is -2.53. The summed E-state index contributed by atoms with van der Waals surface area (Å²) in [6.07, 6.45) is 0. The van der Waals surface area contributed by atoms with Crippen LogP contribution in [-0.2, 0) is 9.53 Å². The summed E-state index contributed by atoms with van der Waals surface area (Å²) in [6.45, 7) is 1.92. The molecular formula is C13H15NO5. The number of carbonyl (C=O) groups is 1. The first-order chi connectivity index (χ1) is 9.20. The molecule has 0 aliphatic carbocycles. The number of ether oxygens (including phenoxy) is 3. The minimum Gasteiger partial charge on any atom is -0.486 e. The van der Waals surface area contributed by atoms with Crippen molar-refractivity contribution in [2.24, 2.45) is 5.41 Å². The monoisotopic (exact) mass is 265 g/mol. The normalized spacial score (nSPS) is 19.4. The van der Waals surface area contributed by atoms with Gasteiger partial charge in [-0.1, -0.05) is 0 Å². The van der Waals surface area contributed by atoms with E-state index in [1.54, 1.807) is 0 Å². The van der Waals surface area contributed by atoms with Gasteiger partial charge in [-0.3, -0.25) is 4.79 Å². The third-order valence-corrected chi connectivity index (χ3v) is 3.38. The Morgan fingerprint density at radius 3 is 2.63 bits per heavy atom. The first-order valence-corrected chi connectivity index (χ1v) is 6.14.